The summed E-state index contributed by atoms with van der Waals surface area (Å²) < 4.78 is 33.3. The Labute approximate surface area is 254 Å². The van der Waals surface area contributed by atoms with Crippen molar-refractivity contribution in [3.05, 3.63) is 54.1 Å². The Hall–Kier alpha value is -4.71. The van der Waals surface area contributed by atoms with E-state index >= 15 is 0 Å². The molecule has 226 valence electrons. The lowest BCUT2D eigenvalue weighted by Crippen LogP contribution is -2.15. The van der Waals surface area contributed by atoms with Crippen LogP contribution in [0.4, 0.5) is 5.69 Å². The second-order valence-electron chi connectivity index (χ2n) is 8.97. The molecule has 0 aliphatic heterocycles. The maximum Gasteiger partial charge on any atom is 0.234 e. The molecule has 3 aromatic carbocycles. The molecule has 0 unspecified atom stereocenters. The number of thioether (sulfide) groups is 1. The van der Waals surface area contributed by atoms with Crippen molar-refractivity contribution in [2.45, 2.75) is 18.5 Å². The van der Waals surface area contributed by atoms with Crippen molar-refractivity contribution in [3.63, 3.8) is 0 Å². The van der Waals surface area contributed by atoms with E-state index in [1.807, 2.05) is 31.2 Å². The van der Waals surface area contributed by atoms with Gasteiger partial charge in [-0.05, 0) is 42.3 Å². The largest absolute Gasteiger partial charge is 0.493 e. The lowest BCUT2D eigenvalue weighted by Gasteiger charge is -2.17. The van der Waals surface area contributed by atoms with Crippen LogP contribution in [0.25, 0.3) is 22.5 Å². The number of rotatable bonds is 13. The third-order valence-corrected chi connectivity index (χ3v) is 7.39. The highest BCUT2D eigenvalue weighted by Gasteiger charge is 2.23. The van der Waals surface area contributed by atoms with E-state index in [4.69, 9.17) is 33.4 Å². The Morgan fingerprint density at radius 3 is 1.72 bits per heavy atom. The van der Waals surface area contributed by atoms with Crippen LogP contribution in [0.3, 0.4) is 0 Å². The fourth-order valence-electron chi connectivity index (χ4n) is 4.47. The van der Waals surface area contributed by atoms with Gasteiger partial charge in [0.2, 0.25) is 22.6 Å². The number of hydrogen-bond acceptors (Lipinski definition) is 11. The summed E-state index contributed by atoms with van der Waals surface area (Å²) in [6.07, 6.45) is 0.803. The zero-order valence-corrected chi connectivity index (χ0v) is 26.0. The molecule has 1 aromatic heterocycles. The van der Waals surface area contributed by atoms with E-state index in [0.717, 1.165) is 17.7 Å². The molecule has 0 aliphatic carbocycles. The number of ether oxygens (including phenoxy) is 6. The van der Waals surface area contributed by atoms with Gasteiger partial charge in [0.15, 0.2) is 23.0 Å². The fraction of sp³-hybridized carbons (Fsp3) is 0.290. The van der Waals surface area contributed by atoms with Crippen molar-refractivity contribution in [2.75, 3.05) is 53.7 Å². The first-order valence-corrected chi connectivity index (χ1v) is 14.3. The molecule has 0 saturated carbocycles. The van der Waals surface area contributed by atoms with Crippen LogP contribution in [0.5, 0.6) is 34.5 Å². The number of hydrogen-bond donors (Lipinski definition) is 1. The highest BCUT2D eigenvalue weighted by atomic mass is 32.2. The van der Waals surface area contributed by atoms with Crippen LogP contribution in [0, 0.1) is 0 Å². The Morgan fingerprint density at radius 2 is 1.23 bits per heavy atom. The molecule has 43 heavy (non-hydrogen) atoms. The van der Waals surface area contributed by atoms with Gasteiger partial charge in [0.1, 0.15) is 11.4 Å². The van der Waals surface area contributed by atoms with Crippen LogP contribution >= 0.6 is 11.8 Å². The highest BCUT2D eigenvalue weighted by Crippen LogP contribution is 2.45. The quantitative estimate of drug-likeness (QED) is 0.193. The maximum absolute atomic E-state index is 12.8. The number of nitrogens with zero attached hydrogens (tertiary/aromatic N) is 3. The molecule has 12 heteroatoms. The third-order valence-electron chi connectivity index (χ3n) is 6.55. The van der Waals surface area contributed by atoms with Gasteiger partial charge in [-0.25, -0.2) is 4.98 Å². The second kappa shape index (κ2) is 14.5. The van der Waals surface area contributed by atoms with E-state index in [2.05, 4.69) is 15.5 Å². The van der Waals surface area contributed by atoms with Gasteiger partial charge < -0.3 is 33.7 Å². The number of carbonyl (C=O) groups excluding carboxylic acids is 1. The van der Waals surface area contributed by atoms with Crippen molar-refractivity contribution in [2.24, 2.45) is 0 Å². The van der Waals surface area contributed by atoms with Crippen LogP contribution in [-0.4, -0.2) is 69.5 Å². The van der Waals surface area contributed by atoms with Crippen molar-refractivity contribution in [3.8, 4) is 57.0 Å². The van der Waals surface area contributed by atoms with Crippen LogP contribution < -0.4 is 33.7 Å². The molecule has 4 rings (SSSR count). The Morgan fingerprint density at radius 1 is 0.721 bits per heavy atom. The van der Waals surface area contributed by atoms with Gasteiger partial charge in [0.25, 0.3) is 0 Å². The average molecular weight is 607 g/mol. The molecule has 0 aliphatic rings. The van der Waals surface area contributed by atoms with Crippen LogP contribution in [0.1, 0.15) is 12.5 Å². The summed E-state index contributed by atoms with van der Waals surface area (Å²) in [5, 5.41) is 12.2. The minimum absolute atomic E-state index is 0.0813. The number of amides is 1. The number of aromatic nitrogens is 3. The highest BCUT2D eigenvalue weighted by molar-refractivity contribution is 7.99. The summed E-state index contributed by atoms with van der Waals surface area (Å²) in [6, 6.07) is 14.8. The van der Waals surface area contributed by atoms with E-state index in [-0.39, 0.29) is 11.7 Å². The topological polar surface area (TPSA) is 123 Å². The van der Waals surface area contributed by atoms with E-state index < -0.39 is 0 Å². The summed E-state index contributed by atoms with van der Waals surface area (Å²) in [4.78, 5) is 17.7. The molecule has 0 radical (unpaired) electrons. The molecular formula is C31H34N4O7S. The molecular weight excluding hydrogens is 572 g/mol. The Bertz CT molecular complexity index is 1550. The number of para-hydroxylation sites is 1. The number of aryl methyl sites for hydroxylation is 1. The predicted molar refractivity (Wildman–Crippen MR) is 165 cm³/mol. The maximum atomic E-state index is 12.8. The molecule has 0 fully saturated rings. The lowest BCUT2D eigenvalue weighted by atomic mass is 10.0. The van der Waals surface area contributed by atoms with Gasteiger partial charge >= 0.3 is 0 Å². The molecule has 0 bridgehead atoms. The van der Waals surface area contributed by atoms with Gasteiger partial charge in [-0.2, -0.15) is 0 Å². The van der Waals surface area contributed by atoms with Gasteiger partial charge in [0, 0.05) is 16.8 Å². The first kappa shape index (κ1) is 31.2. The SMILES string of the molecule is CCc1ccccc1NC(=O)CSc1nnc(-c2cc(OC)c(OC)c(OC)c2)c(-c2cc(OC)c(OC)c(OC)c2)n1. The molecule has 1 N–H and O–H groups in total. The van der Waals surface area contributed by atoms with Crippen LogP contribution in [-0.2, 0) is 11.2 Å². The van der Waals surface area contributed by atoms with Crippen LogP contribution in [0.15, 0.2) is 53.7 Å². The number of carbonyl (C=O) groups is 1. The molecule has 0 saturated heterocycles. The Balaban J connectivity index is 1.79. The summed E-state index contributed by atoms with van der Waals surface area (Å²) in [5.74, 6) is 2.53. The minimum atomic E-state index is -0.183. The van der Waals surface area contributed by atoms with Crippen LogP contribution in [0.2, 0.25) is 0 Å². The number of methoxy groups -OCH3 is 6. The van der Waals surface area contributed by atoms with Gasteiger partial charge in [-0.15, -0.1) is 10.2 Å². The number of anilines is 1. The second-order valence-corrected chi connectivity index (χ2v) is 9.91. The first-order chi connectivity index (χ1) is 20.9. The average Bonchev–Trinajstić information content (AvgIpc) is 3.05. The van der Waals surface area contributed by atoms with Gasteiger partial charge in [0.05, 0.1) is 48.4 Å². The van der Waals surface area contributed by atoms with E-state index in [1.165, 1.54) is 54.4 Å². The van der Waals surface area contributed by atoms with E-state index in [0.29, 0.717) is 62.2 Å². The summed E-state index contributed by atoms with van der Waals surface area (Å²) in [6.45, 7) is 2.04. The van der Waals surface area contributed by atoms with Gasteiger partial charge in [-0.1, -0.05) is 36.9 Å². The fourth-order valence-corrected chi connectivity index (χ4v) is 5.06. The monoisotopic (exact) mass is 606 g/mol. The first-order valence-electron chi connectivity index (χ1n) is 13.3. The van der Waals surface area contributed by atoms with Gasteiger partial charge in [-0.3, -0.25) is 4.79 Å². The van der Waals surface area contributed by atoms with Crippen molar-refractivity contribution in [1.82, 2.24) is 15.2 Å². The smallest absolute Gasteiger partial charge is 0.234 e. The van der Waals surface area contributed by atoms with Crippen molar-refractivity contribution in [1.29, 1.82) is 0 Å². The standard InChI is InChI=1S/C31H34N4O7S/c1-8-18-11-9-10-12-21(18)32-26(36)17-43-31-33-27(19-13-22(37-2)29(41-6)23(14-19)38-3)28(34-35-31)20-15-24(39-4)30(42-7)25(16-20)40-5/h9-16H,8,17H2,1-7H3,(H,32,36). The molecule has 11 nitrogen and oxygen atoms in total. The minimum Gasteiger partial charge on any atom is -0.493 e. The molecule has 1 heterocycles. The molecule has 1 amide bonds. The van der Waals surface area contributed by atoms with Crippen molar-refractivity contribution >= 4 is 23.4 Å². The number of nitrogens with one attached hydrogen (secondary N) is 1. The van der Waals surface area contributed by atoms with Crippen molar-refractivity contribution < 1.29 is 33.2 Å². The normalized spacial score (nSPS) is 10.6. The van der Waals surface area contributed by atoms with E-state index in [1.54, 1.807) is 24.3 Å². The summed E-state index contributed by atoms with van der Waals surface area (Å²) >= 11 is 1.17. The number of benzene rings is 3. The lowest BCUT2D eigenvalue weighted by molar-refractivity contribution is -0.113. The summed E-state index contributed by atoms with van der Waals surface area (Å²) in [5.41, 5.74) is 3.96. The molecule has 0 atom stereocenters. The van der Waals surface area contributed by atoms with E-state index in [9.17, 15) is 4.79 Å². The predicted octanol–water partition coefficient (Wildman–Crippen LogP) is 5.55. The molecule has 0 spiro atoms. The Kier molecular flexibility index (Phi) is 10.5. The molecule has 4 aromatic rings. The summed E-state index contributed by atoms with van der Waals surface area (Å²) in [7, 11) is 9.22. The zero-order valence-electron chi connectivity index (χ0n) is 25.1. The zero-order chi connectivity index (χ0) is 30.9. The third kappa shape index (κ3) is 6.86.